The highest BCUT2D eigenvalue weighted by atomic mass is 35.5. The van der Waals surface area contributed by atoms with E-state index in [0.29, 0.717) is 30.3 Å². The average molecular weight is 442 g/mol. The van der Waals surface area contributed by atoms with Crippen molar-refractivity contribution in [3.8, 4) is 5.75 Å². The summed E-state index contributed by atoms with van der Waals surface area (Å²) in [6.07, 6.45) is 3.36. The SMILES string of the molecule is O=C(CN1C[C@H](C(=O)N2CCCCC2)Oc2ccccc21)NCCc1cccc(Cl)c1. The van der Waals surface area contributed by atoms with Gasteiger partial charge in [-0.25, -0.2) is 0 Å². The lowest BCUT2D eigenvalue weighted by molar-refractivity contribution is -0.139. The Morgan fingerprint density at radius 1 is 1.06 bits per heavy atom. The second-order valence-corrected chi connectivity index (χ2v) is 8.51. The molecule has 0 unspecified atom stereocenters. The fourth-order valence-corrected chi connectivity index (χ4v) is 4.38. The van der Waals surface area contributed by atoms with E-state index < -0.39 is 6.10 Å². The third kappa shape index (κ3) is 5.50. The summed E-state index contributed by atoms with van der Waals surface area (Å²) in [5, 5.41) is 3.67. The summed E-state index contributed by atoms with van der Waals surface area (Å²) in [5.41, 5.74) is 1.92. The van der Waals surface area contributed by atoms with E-state index in [0.717, 1.165) is 37.2 Å². The van der Waals surface area contributed by atoms with Gasteiger partial charge in [0.15, 0.2) is 6.10 Å². The number of nitrogens with zero attached hydrogens (tertiary/aromatic N) is 2. The van der Waals surface area contributed by atoms with E-state index in [-0.39, 0.29) is 18.4 Å². The molecule has 2 heterocycles. The molecule has 1 N–H and O–H groups in total. The first-order valence-electron chi connectivity index (χ1n) is 10.9. The van der Waals surface area contributed by atoms with Crippen molar-refractivity contribution in [3.05, 3.63) is 59.1 Å². The molecule has 1 saturated heterocycles. The predicted octanol–water partition coefficient (Wildman–Crippen LogP) is 3.28. The quantitative estimate of drug-likeness (QED) is 0.747. The predicted molar refractivity (Wildman–Crippen MR) is 122 cm³/mol. The standard InChI is InChI=1S/C24H28ClN3O3/c25-19-8-6-7-18(15-19)11-12-26-23(29)17-28-16-22(24(30)27-13-4-1-5-14-27)31-21-10-3-2-9-20(21)28/h2-3,6-10,15,22H,1,4-5,11-14,16-17H2,(H,26,29)/t22-/m1/s1. The van der Waals surface area contributed by atoms with Gasteiger partial charge in [0.2, 0.25) is 5.91 Å². The summed E-state index contributed by atoms with van der Waals surface area (Å²) >= 11 is 6.02. The molecule has 0 bridgehead atoms. The van der Waals surface area contributed by atoms with Crippen molar-refractivity contribution in [1.82, 2.24) is 10.2 Å². The molecule has 2 aliphatic heterocycles. The number of fused-ring (bicyclic) bond motifs is 1. The smallest absolute Gasteiger partial charge is 0.265 e. The van der Waals surface area contributed by atoms with Gasteiger partial charge >= 0.3 is 0 Å². The Morgan fingerprint density at radius 3 is 2.68 bits per heavy atom. The van der Waals surface area contributed by atoms with Crippen LogP contribution < -0.4 is 15.0 Å². The van der Waals surface area contributed by atoms with Crippen molar-refractivity contribution in [3.63, 3.8) is 0 Å². The molecule has 2 aliphatic rings. The zero-order valence-corrected chi connectivity index (χ0v) is 18.3. The average Bonchev–Trinajstić information content (AvgIpc) is 2.79. The molecule has 164 valence electrons. The Bertz CT molecular complexity index is 930. The van der Waals surface area contributed by atoms with Gasteiger partial charge in [-0.05, 0) is 55.5 Å². The number of likely N-dealkylation sites (tertiary alicyclic amines) is 1. The van der Waals surface area contributed by atoms with Crippen molar-refractivity contribution in [1.29, 1.82) is 0 Å². The molecule has 2 aromatic rings. The molecule has 31 heavy (non-hydrogen) atoms. The Balaban J connectivity index is 1.37. The molecule has 0 aliphatic carbocycles. The van der Waals surface area contributed by atoms with Crippen LogP contribution in [0.2, 0.25) is 5.02 Å². The number of halogens is 1. The molecule has 6 nitrogen and oxygen atoms in total. The fourth-order valence-electron chi connectivity index (χ4n) is 4.17. The zero-order chi connectivity index (χ0) is 21.6. The molecule has 0 radical (unpaired) electrons. The number of nitrogens with one attached hydrogen (secondary N) is 1. The molecule has 2 amide bonds. The molecule has 7 heteroatoms. The van der Waals surface area contributed by atoms with Crippen LogP contribution in [-0.2, 0) is 16.0 Å². The van der Waals surface area contributed by atoms with E-state index in [1.54, 1.807) is 0 Å². The number of rotatable bonds is 6. The van der Waals surface area contributed by atoms with Crippen LogP contribution in [0.1, 0.15) is 24.8 Å². The summed E-state index contributed by atoms with van der Waals surface area (Å²) in [6, 6.07) is 15.2. The van der Waals surface area contributed by atoms with Gasteiger partial charge in [-0.2, -0.15) is 0 Å². The van der Waals surface area contributed by atoms with Crippen LogP contribution in [0.3, 0.4) is 0 Å². The van der Waals surface area contributed by atoms with Crippen molar-refractivity contribution < 1.29 is 14.3 Å². The largest absolute Gasteiger partial charge is 0.477 e. The van der Waals surface area contributed by atoms with Crippen LogP contribution in [0.15, 0.2) is 48.5 Å². The number of amides is 2. The first-order valence-corrected chi connectivity index (χ1v) is 11.3. The molecule has 0 aromatic heterocycles. The number of hydrogen-bond acceptors (Lipinski definition) is 4. The van der Waals surface area contributed by atoms with E-state index in [1.807, 2.05) is 58.3 Å². The summed E-state index contributed by atoms with van der Waals surface area (Å²) in [6.45, 7) is 2.64. The number of carbonyl (C=O) groups is 2. The third-order valence-corrected chi connectivity index (χ3v) is 6.00. The van der Waals surface area contributed by atoms with Crippen LogP contribution in [0, 0.1) is 0 Å². The number of ether oxygens (including phenoxy) is 1. The van der Waals surface area contributed by atoms with E-state index >= 15 is 0 Å². The number of benzene rings is 2. The summed E-state index contributed by atoms with van der Waals surface area (Å²) in [7, 11) is 0. The zero-order valence-electron chi connectivity index (χ0n) is 17.6. The van der Waals surface area contributed by atoms with Gasteiger partial charge in [0, 0.05) is 24.7 Å². The topological polar surface area (TPSA) is 61.9 Å². The van der Waals surface area contributed by atoms with Crippen LogP contribution >= 0.6 is 11.6 Å². The van der Waals surface area contributed by atoms with Crippen LogP contribution in [-0.4, -0.2) is 55.5 Å². The van der Waals surface area contributed by atoms with Gasteiger partial charge in [-0.3, -0.25) is 9.59 Å². The third-order valence-electron chi connectivity index (χ3n) is 5.76. The fraction of sp³-hybridized carbons (Fsp3) is 0.417. The molecule has 0 spiro atoms. The van der Waals surface area contributed by atoms with Gasteiger partial charge < -0.3 is 19.9 Å². The Morgan fingerprint density at radius 2 is 1.87 bits per heavy atom. The first kappa shape index (κ1) is 21.5. The summed E-state index contributed by atoms with van der Waals surface area (Å²) < 4.78 is 6.03. The van der Waals surface area contributed by atoms with E-state index in [9.17, 15) is 9.59 Å². The maximum Gasteiger partial charge on any atom is 0.265 e. The monoisotopic (exact) mass is 441 g/mol. The van der Waals surface area contributed by atoms with Gasteiger partial charge in [0.05, 0.1) is 18.8 Å². The van der Waals surface area contributed by atoms with E-state index in [4.69, 9.17) is 16.3 Å². The number of anilines is 1. The molecule has 0 saturated carbocycles. The molecular formula is C24H28ClN3O3. The van der Waals surface area contributed by atoms with Gasteiger partial charge in [0.1, 0.15) is 5.75 Å². The number of hydrogen-bond donors (Lipinski definition) is 1. The number of piperidine rings is 1. The summed E-state index contributed by atoms with van der Waals surface area (Å²) in [5.74, 6) is 0.583. The highest BCUT2D eigenvalue weighted by molar-refractivity contribution is 6.30. The Hall–Kier alpha value is -2.73. The normalized spacial score (nSPS) is 18.2. The second kappa shape index (κ2) is 10.1. The molecule has 4 rings (SSSR count). The van der Waals surface area contributed by atoms with Gasteiger partial charge in [-0.15, -0.1) is 0 Å². The number of para-hydroxylation sites is 2. The molecular weight excluding hydrogens is 414 g/mol. The highest BCUT2D eigenvalue weighted by Gasteiger charge is 2.34. The van der Waals surface area contributed by atoms with Crippen molar-refractivity contribution in [2.45, 2.75) is 31.8 Å². The lowest BCUT2D eigenvalue weighted by atomic mass is 10.1. The minimum absolute atomic E-state index is 0.0144. The van der Waals surface area contributed by atoms with Crippen molar-refractivity contribution in [2.75, 3.05) is 37.6 Å². The Kier molecular flexibility index (Phi) is 6.97. The highest BCUT2D eigenvalue weighted by Crippen LogP contribution is 2.33. The molecule has 1 fully saturated rings. The number of carbonyl (C=O) groups excluding carboxylic acids is 2. The van der Waals surface area contributed by atoms with Crippen molar-refractivity contribution in [2.24, 2.45) is 0 Å². The summed E-state index contributed by atoms with van der Waals surface area (Å²) in [4.78, 5) is 29.5. The Labute approximate surface area is 188 Å². The minimum atomic E-state index is -0.590. The maximum atomic E-state index is 13.0. The van der Waals surface area contributed by atoms with Crippen LogP contribution in [0.5, 0.6) is 5.75 Å². The van der Waals surface area contributed by atoms with Gasteiger partial charge in [0.25, 0.3) is 5.91 Å². The second-order valence-electron chi connectivity index (χ2n) is 8.07. The minimum Gasteiger partial charge on any atom is -0.477 e. The molecule has 2 aromatic carbocycles. The van der Waals surface area contributed by atoms with Crippen LogP contribution in [0.4, 0.5) is 5.69 Å². The van der Waals surface area contributed by atoms with Gasteiger partial charge in [-0.1, -0.05) is 35.9 Å². The first-order chi connectivity index (χ1) is 15.1. The lowest BCUT2D eigenvalue weighted by Crippen LogP contribution is -2.53. The maximum absolute atomic E-state index is 13.0. The lowest BCUT2D eigenvalue weighted by Gasteiger charge is -2.38. The van der Waals surface area contributed by atoms with E-state index in [2.05, 4.69) is 5.32 Å². The van der Waals surface area contributed by atoms with Crippen LogP contribution in [0.25, 0.3) is 0 Å². The molecule has 1 atom stereocenters. The van der Waals surface area contributed by atoms with Crippen molar-refractivity contribution >= 4 is 29.1 Å². The van der Waals surface area contributed by atoms with E-state index in [1.165, 1.54) is 6.42 Å².